The summed E-state index contributed by atoms with van der Waals surface area (Å²) in [5, 5.41) is 10.7. The standard InChI is InChI=1S/C58H34N4S/c1-2-18-37(19-3-1)61-47-27-10-8-23-44(47)53-46(26-14-29-50(53)61)55-57-54(45-24-9-11-30-51(45)63-57)59-58(60-55)43-33-34-48(40-22-7-6-21-39(40)43)62-49-28-13-17-36-16-12-25-41(52(36)49)42-32-31-35-15-4-5-20-38(35)56(42)62/h1-34H. The minimum Gasteiger partial charge on any atom is -0.309 e. The molecule has 0 saturated heterocycles. The van der Waals surface area contributed by atoms with Crippen LogP contribution in [-0.2, 0) is 0 Å². The van der Waals surface area contributed by atoms with Gasteiger partial charge in [-0.1, -0.05) is 158 Å². The Morgan fingerprint density at radius 2 is 1.05 bits per heavy atom. The first-order chi connectivity index (χ1) is 31.3. The molecule has 4 nitrogen and oxygen atoms in total. The smallest absolute Gasteiger partial charge is 0.161 e. The summed E-state index contributed by atoms with van der Waals surface area (Å²) in [6, 6.07) is 74.8. The molecular formula is C58H34N4S. The molecule has 0 aliphatic carbocycles. The zero-order chi connectivity index (χ0) is 41.2. The van der Waals surface area contributed by atoms with Gasteiger partial charge in [0.2, 0.25) is 0 Å². The molecule has 0 saturated carbocycles. The maximum Gasteiger partial charge on any atom is 0.161 e. The highest BCUT2D eigenvalue weighted by Crippen LogP contribution is 2.55. The number of hydrogen-bond donors (Lipinski definition) is 0. The predicted molar refractivity (Wildman–Crippen MR) is 266 cm³/mol. The van der Waals surface area contributed by atoms with Gasteiger partial charge in [0.15, 0.2) is 5.82 Å². The van der Waals surface area contributed by atoms with Gasteiger partial charge in [-0.05, 0) is 70.3 Å². The lowest BCUT2D eigenvalue weighted by Crippen LogP contribution is -2.16. The van der Waals surface area contributed by atoms with Gasteiger partial charge >= 0.3 is 0 Å². The Morgan fingerprint density at radius 3 is 1.94 bits per heavy atom. The van der Waals surface area contributed by atoms with Crippen molar-refractivity contribution in [3.63, 3.8) is 0 Å². The van der Waals surface area contributed by atoms with E-state index in [0.717, 1.165) is 60.1 Å². The number of fused-ring (bicyclic) bond motifs is 11. The average Bonchev–Trinajstić information content (AvgIpc) is 3.90. The summed E-state index contributed by atoms with van der Waals surface area (Å²) in [4.78, 5) is 13.7. The SMILES string of the molecule is c1ccc(-n2c3ccccc3c3c(-c4nc(-c5ccc(N6c7c(ccc8ccccc78)-c7cccc8cccc6c78)c6ccccc56)nc5c4sc4ccccc45)cccc32)cc1. The van der Waals surface area contributed by atoms with E-state index in [2.05, 4.69) is 216 Å². The fourth-order valence-corrected chi connectivity index (χ4v) is 11.6. The molecule has 0 amide bonds. The van der Waals surface area contributed by atoms with Crippen molar-refractivity contribution in [3.05, 3.63) is 206 Å². The third kappa shape index (κ3) is 4.91. The van der Waals surface area contributed by atoms with Crippen LogP contribution in [0.1, 0.15) is 0 Å². The molecule has 0 unspecified atom stereocenters. The Labute approximate surface area is 366 Å². The second kappa shape index (κ2) is 13.2. The molecule has 63 heavy (non-hydrogen) atoms. The highest BCUT2D eigenvalue weighted by Gasteiger charge is 2.30. The lowest BCUT2D eigenvalue weighted by Gasteiger charge is -2.35. The number of para-hydroxylation sites is 2. The van der Waals surface area contributed by atoms with Gasteiger partial charge in [-0.25, -0.2) is 9.97 Å². The molecule has 0 radical (unpaired) electrons. The summed E-state index contributed by atoms with van der Waals surface area (Å²) in [6.07, 6.45) is 0. The molecule has 4 heterocycles. The number of nitrogens with zero attached hydrogens (tertiary/aromatic N) is 4. The number of hydrogen-bond acceptors (Lipinski definition) is 4. The average molecular weight is 819 g/mol. The van der Waals surface area contributed by atoms with Crippen molar-refractivity contribution in [1.82, 2.24) is 14.5 Å². The van der Waals surface area contributed by atoms with E-state index in [-0.39, 0.29) is 0 Å². The van der Waals surface area contributed by atoms with Gasteiger partial charge in [-0.3, -0.25) is 0 Å². The van der Waals surface area contributed by atoms with E-state index >= 15 is 0 Å². The summed E-state index contributed by atoms with van der Waals surface area (Å²) in [6.45, 7) is 0. The largest absolute Gasteiger partial charge is 0.309 e. The van der Waals surface area contributed by atoms with Crippen molar-refractivity contribution < 1.29 is 0 Å². The van der Waals surface area contributed by atoms with E-state index in [4.69, 9.17) is 9.97 Å². The first-order valence-electron chi connectivity index (χ1n) is 21.4. The van der Waals surface area contributed by atoms with Gasteiger partial charge in [-0.2, -0.15) is 0 Å². The van der Waals surface area contributed by atoms with Crippen LogP contribution in [0.4, 0.5) is 17.1 Å². The van der Waals surface area contributed by atoms with Crippen LogP contribution in [-0.4, -0.2) is 14.5 Å². The van der Waals surface area contributed by atoms with E-state index in [1.54, 1.807) is 11.3 Å². The summed E-state index contributed by atoms with van der Waals surface area (Å²) in [7, 11) is 0. The molecule has 14 rings (SSSR count). The number of benzene rings is 10. The fraction of sp³-hybridized carbons (Fsp3) is 0. The number of thiophene rings is 1. The molecule has 5 heteroatoms. The molecule has 292 valence electrons. The molecule has 13 aromatic rings. The van der Waals surface area contributed by atoms with Gasteiger partial charge in [-0.15, -0.1) is 11.3 Å². The van der Waals surface area contributed by atoms with Crippen molar-refractivity contribution in [2.75, 3.05) is 4.90 Å². The van der Waals surface area contributed by atoms with Crippen LogP contribution >= 0.6 is 11.3 Å². The lowest BCUT2D eigenvalue weighted by atomic mass is 9.88. The molecule has 0 spiro atoms. The Bertz CT molecular complexity index is 4040. The topological polar surface area (TPSA) is 34.0 Å². The summed E-state index contributed by atoms with van der Waals surface area (Å²) >= 11 is 1.78. The molecule has 0 N–H and O–H groups in total. The van der Waals surface area contributed by atoms with E-state index in [1.165, 1.54) is 65.0 Å². The van der Waals surface area contributed by atoms with Crippen molar-refractivity contribution in [1.29, 1.82) is 0 Å². The van der Waals surface area contributed by atoms with Gasteiger partial charge < -0.3 is 9.47 Å². The van der Waals surface area contributed by atoms with Crippen LogP contribution in [0.3, 0.4) is 0 Å². The van der Waals surface area contributed by atoms with Crippen molar-refractivity contribution >= 4 is 103 Å². The van der Waals surface area contributed by atoms with Crippen LogP contribution in [0.2, 0.25) is 0 Å². The van der Waals surface area contributed by atoms with E-state index in [9.17, 15) is 0 Å². The minimum absolute atomic E-state index is 0.713. The molecule has 0 atom stereocenters. The molecule has 1 aliphatic rings. The van der Waals surface area contributed by atoms with Crippen molar-refractivity contribution in [2.45, 2.75) is 0 Å². The third-order valence-corrected chi connectivity index (χ3v) is 14.3. The Balaban J connectivity index is 1.05. The monoisotopic (exact) mass is 818 g/mol. The molecule has 0 fully saturated rings. The Morgan fingerprint density at radius 1 is 0.381 bits per heavy atom. The van der Waals surface area contributed by atoms with Gasteiger partial charge in [0.05, 0.1) is 44.0 Å². The van der Waals surface area contributed by atoms with Crippen LogP contribution in [0, 0.1) is 0 Å². The second-order valence-corrected chi connectivity index (χ2v) is 17.5. The number of anilines is 3. The van der Waals surface area contributed by atoms with Gasteiger partial charge in [0, 0.05) is 59.4 Å². The second-order valence-electron chi connectivity index (χ2n) is 16.4. The molecule has 3 aromatic heterocycles. The van der Waals surface area contributed by atoms with Crippen molar-refractivity contribution in [3.8, 4) is 39.5 Å². The van der Waals surface area contributed by atoms with E-state index in [0.29, 0.717) is 5.82 Å². The Hall–Kier alpha value is -8.12. The zero-order valence-electron chi connectivity index (χ0n) is 33.8. The number of rotatable bonds is 4. The Kier molecular flexibility index (Phi) is 7.24. The van der Waals surface area contributed by atoms with Gasteiger partial charge in [0.25, 0.3) is 0 Å². The summed E-state index contributed by atoms with van der Waals surface area (Å²) in [5.41, 5.74) is 13.5. The fourth-order valence-electron chi connectivity index (χ4n) is 10.5. The molecule has 0 bridgehead atoms. The van der Waals surface area contributed by atoms with Crippen LogP contribution in [0.15, 0.2) is 206 Å². The molecule has 1 aliphatic heterocycles. The maximum atomic E-state index is 5.68. The van der Waals surface area contributed by atoms with Gasteiger partial charge in [0.1, 0.15) is 0 Å². The minimum atomic E-state index is 0.713. The van der Waals surface area contributed by atoms with Crippen LogP contribution in [0.5, 0.6) is 0 Å². The maximum absolute atomic E-state index is 5.68. The molecular weight excluding hydrogens is 785 g/mol. The summed E-state index contributed by atoms with van der Waals surface area (Å²) < 4.78 is 4.67. The lowest BCUT2D eigenvalue weighted by molar-refractivity contribution is 1.18. The zero-order valence-corrected chi connectivity index (χ0v) is 34.6. The number of aromatic nitrogens is 3. The van der Waals surface area contributed by atoms with Crippen molar-refractivity contribution in [2.24, 2.45) is 0 Å². The first-order valence-corrected chi connectivity index (χ1v) is 22.2. The normalized spacial score (nSPS) is 12.4. The third-order valence-electron chi connectivity index (χ3n) is 13.1. The predicted octanol–water partition coefficient (Wildman–Crippen LogP) is 16.2. The van der Waals surface area contributed by atoms with Crippen LogP contribution in [0.25, 0.3) is 114 Å². The highest BCUT2D eigenvalue weighted by molar-refractivity contribution is 7.26. The first kappa shape index (κ1) is 34.6. The quantitative estimate of drug-likeness (QED) is 0.177. The van der Waals surface area contributed by atoms with Crippen LogP contribution < -0.4 is 4.90 Å². The highest BCUT2D eigenvalue weighted by atomic mass is 32.1. The molecule has 10 aromatic carbocycles. The van der Waals surface area contributed by atoms with E-state index in [1.807, 2.05) is 0 Å². The summed E-state index contributed by atoms with van der Waals surface area (Å²) in [5.74, 6) is 0.713. The van der Waals surface area contributed by atoms with E-state index < -0.39 is 0 Å².